The SMILES string of the molecule is CC(C)[C@H](NC(=O)c1cc(-c2ccc(F)cc2)on1)C(=O)N1CCC[C@H]1C(=O)N[C@H](C(=O)C(F)(F)F)C(C)C. The number of aromatic nitrogens is 1. The number of nitrogens with one attached hydrogen (secondary N) is 2. The number of carbonyl (C=O) groups excluding carboxylic acids is 4. The summed E-state index contributed by atoms with van der Waals surface area (Å²) in [5, 5.41) is 8.48. The van der Waals surface area contributed by atoms with Gasteiger partial charge in [0.1, 0.15) is 17.9 Å². The van der Waals surface area contributed by atoms with E-state index in [0.29, 0.717) is 12.0 Å². The highest BCUT2D eigenvalue weighted by Gasteiger charge is 2.46. The molecule has 2 heterocycles. The van der Waals surface area contributed by atoms with Crippen LogP contribution in [0.4, 0.5) is 17.6 Å². The molecule has 3 amide bonds. The monoisotopic (exact) mass is 554 g/mol. The summed E-state index contributed by atoms with van der Waals surface area (Å²) in [7, 11) is 0. The van der Waals surface area contributed by atoms with Crippen LogP contribution in [-0.2, 0) is 14.4 Å². The largest absolute Gasteiger partial charge is 0.452 e. The van der Waals surface area contributed by atoms with E-state index in [4.69, 9.17) is 4.52 Å². The maximum Gasteiger partial charge on any atom is 0.452 e. The van der Waals surface area contributed by atoms with Gasteiger partial charge in [0, 0.05) is 18.2 Å². The molecular weight excluding hydrogens is 524 g/mol. The molecule has 3 rings (SSSR count). The van der Waals surface area contributed by atoms with Crippen molar-refractivity contribution in [1.82, 2.24) is 20.7 Å². The first kappa shape index (κ1) is 29.8. The summed E-state index contributed by atoms with van der Waals surface area (Å²) >= 11 is 0. The number of halogens is 4. The molecule has 13 heteroatoms. The number of hydrogen-bond acceptors (Lipinski definition) is 6. The Morgan fingerprint density at radius 1 is 1.00 bits per heavy atom. The van der Waals surface area contributed by atoms with E-state index in [0.717, 1.165) is 0 Å². The summed E-state index contributed by atoms with van der Waals surface area (Å²) in [5.41, 5.74) is 0.350. The van der Waals surface area contributed by atoms with Gasteiger partial charge in [0.15, 0.2) is 11.5 Å². The van der Waals surface area contributed by atoms with Gasteiger partial charge in [-0.2, -0.15) is 13.2 Å². The quantitative estimate of drug-likeness (QED) is 0.458. The van der Waals surface area contributed by atoms with Gasteiger partial charge >= 0.3 is 6.18 Å². The molecule has 0 radical (unpaired) electrons. The van der Waals surface area contributed by atoms with Crippen molar-refractivity contribution >= 4 is 23.5 Å². The van der Waals surface area contributed by atoms with E-state index in [1.807, 2.05) is 0 Å². The number of rotatable bonds is 9. The Kier molecular flexibility index (Phi) is 9.13. The molecule has 0 saturated carbocycles. The Morgan fingerprint density at radius 2 is 1.62 bits per heavy atom. The van der Waals surface area contributed by atoms with E-state index in [1.165, 1.54) is 49.1 Å². The minimum Gasteiger partial charge on any atom is -0.355 e. The first-order valence-corrected chi connectivity index (χ1v) is 12.5. The molecular formula is C26H30F4N4O5. The summed E-state index contributed by atoms with van der Waals surface area (Å²) in [6, 6.07) is 2.68. The van der Waals surface area contributed by atoms with Crippen LogP contribution >= 0.6 is 0 Å². The van der Waals surface area contributed by atoms with Crippen LogP contribution in [0.2, 0.25) is 0 Å². The summed E-state index contributed by atoms with van der Waals surface area (Å²) in [5.74, 6) is -5.76. The normalized spacial score (nSPS) is 17.3. The highest BCUT2D eigenvalue weighted by atomic mass is 19.4. The fraction of sp³-hybridized carbons (Fsp3) is 0.500. The van der Waals surface area contributed by atoms with Crippen molar-refractivity contribution in [1.29, 1.82) is 0 Å². The molecule has 1 aromatic carbocycles. The number of alkyl halides is 3. The van der Waals surface area contributed by atoms with Crippen molar-refractivity contribution in [2.45, 2.75) is 64.8 Å². The molecule has 0 unspecified atom stereocenters. The molecule has 9 nitrogen and oxygen atoms in total. The minimum atomic E-state index is -5.13. The average Bonchev–Trinajstić information content (AvgIpc) is 3.55. The number of likely N-dealkylation sites (tertiary alicyclic amines) is 1. The second-order valence-electron chi connectivity index (χ2n) is 10.1. The number of carbonyl (C=O) groups is 4. The van der Waals surface area contributed by atoms with Gasteiger partial charge in [0.25, 0.3) is 11.7 Å². The van der Waals surface area contributed by atoms with Crippen LogP contribution in [0.15, 0.2) is 34.9 Å². The van der Waals surface area contributed by atoms with Crippen molar-refractivity contribution in [2.75, 3.05) is 6.54 Å². The maximum atomic E-state index is 13.4. The third kappa shape index (κ3) is 7.01. The fourth-order valence-electron chi connectivity index (χ4n) is 4.30. The van der Waals surface area contributed by atoms with Crippen molar-refractivity contribution in [3.05, 3.63) is 41.8 Å². The molecule has 0 spiro atoms. The highest BCUT2D eigenvalue weighted by molar-refractivity contribution is 5.99. The number of hydrogen-bond donors (Lipinski definition) is 2. The highest BCUT2D eigenvalue weighted by Crippen LogP contribution is 2.25. The standard InChI is InChI=1S/C26H30F4N4O5/c1-13(2)20(22(35)26(28,29)30)31-24(37)18-6-5-11-34(18)25(38)21(14(3)4)32-23(36)17-12-19(39-33-17)15-7-9-16(27)10-8-15/h7-10,12-14,18,20-21H,5-6,11H2,1-4H3,(H,31,37)(H,32,36)/t18-,20-,21-/m0/s1. The minimum absolute atomic E-state index is 0.131. The van der Waals surface area contributed by atoms with Crippen LogP contribution in [0.25, 0.3) is 11.3 Å². The molecule has 2 N–H and O–H groups in total. The predicted octanol–water partition coefficient (Wildman–Crippen LogP) is 3.50. The van der Waals surface area contributed by atoms with Gasteiger partial charge in [0.05, 0.1) is 6.04 Å². The second kappa shape index (κ2) is 12.0. The van der Waals surface area contributed by atoms with Crippen molar-refractivity contribution in [2.24, 2.45) is 11.8 Å². The topological polar surface area (TPSA) is 122 Å². The fourth-order valence-corrected chi connectivity index (χ4v) is 4.30. The Morgan fingerprint density at radius 3 is 2.18 bits per heavy atom. The maximum absolute atomic E-state index is 13.4. The Balaban J connectivity index is 1.73. The lowest BCUT2D eigenvalue weighted by Crippen LogP contribution is -2.58. The number of Topliss-reactive ketones (excluding diaryl/α,β-unsaturated/α-hetero) is 1. The molecule has 2 aromatic rings. The van der Waals surface area contributed by atoms with E-state index in [-0.39, 0.29) is 24.4 Å². The Labute approximate surface area is 222 Å². The van der Waals surface area contributed by atoms with Crippen LogP contribution < -0.4 is 10.6 Å². The van der Waals surface area contributed by atoms with Gasteiger partial charge in [-0.05, 0) is 48.9 Å². The number of nitrogens with zero attached hydrogens (tertiary/aromatic N) is 2. The first-order valence-electron chi connectivity index (χ1n) is 12.5. The molecule has 3 atom stereocenters. The summed E-state index contributed by atoms with van der Waals surface area (Å²) < 4.78 is 57.4. The third-order valence-electron chi connectivity index (χ3n) is 6.46. The molecule has 1 saturated heterocycles. The number of amides is 3. The van der Waals surface area contributed by atoms with Crippen molar-refractivity contribution < 1.29 is 41.3 Å². The summed E-state index contributed by atoms with van der Waals surface area (Å²) in [6.45, 7) is 6.26. The van der Waals surface area contributed by atoms with E-state index in [2.05, 4.69) is 15.8 Å². The molecule has 212 valence electrons. The van der Waals surface area contributed by atoms with E-state index in [1.54, 1.807) is 13.8 Å². The van der Waals surface area contributed by atoms with Crippen LogP contribution in [0, 0.1) is 17.7 Å². The Hall–Kier alpha value is -3.77. The molecule has 0 bridgehead atoms. The molecule has 1 aromatic heterocycles. The van der Waals surface area contributed by atoms with Gasteiger partial charge in [0.2, 0.25) is 11.8 Å². The molecule has 1 aliphatic heterocycles. The van der Waals surface area contributed by atoms with Crippen LogP contribution in [0.5, 0.6) is 0 Å². The van der Waals surface area contributed by atoms with Gasteiger partial charge < -0.3 is 20.1 Å². The second-order valence-corrected chi connectivity index (χ2v) is 10.1. The number of benzene rings is 1. The lowest BCUT2D eigenvalue weighted by Gasteiger charge is -2.31. The van der Waals surface area contributed by atoms with E-state index >= 15 is 0 Å². The zero-order chi connectivity index (χ0) is 29.1. The predicted molar refractivity (Wildman–Crippen MR) is 131 cm³/mol. The third-order valence-corrected chi connectivity index (χ3v) is 6.46. The summed E-state index contributed by atoms with van der Waals surface area (Å²) in [6.07, 6.45) is -4.53. The zero-order valence-electron chi connectivity index (χ0n) is 21.8. The zero-order valence-corrected chi connectivity index (χ0v) is 21.8. The lowest BCUT2D eigenvalue weighted by atomic mass is 9.98. The van der Waals surface area contributed by atoms with Gasteiger partial charge in [-0.25, -0.2) is 4.39 Å². The Bertz CT molecular complexity index is 1210. The van der Waals surface area contributed by atoms with Crippen LogP contribution in [0.3, 0.4) is 0 Å². The average molecular weight is 555 g/mol. The van der Waals surface area contributed by atoms with Crippen molar-refractivity contribution in [3.63, 3.8) is 0 Å². The van der Waals surface area contributed by atoms with Gasteiger partial charge in [-0.1, -0.05) is 32.9 Å². The van der Waals surface area contributed by atoms with Crippen LogP contribution in [0.1, 0.15) is 51.0 Å². The lowest BCUT2D eigenvalue weighted by molar-refractivity contribution is -0.175. The number of ketones is 1. The molecule has 1 aliphatic rings. The van der Waals surface area contributed by atoms with Gasteiger partial charge in [-0.3, -0.25) is 19.2 Å². The van der Waals surface area contributed by atoms with E-state index in [9.17, 15) is 36.7 Å². The van der Waals surface area contributed by atoms with Crippen LogP contribution in [-0.4, -0.2) is 64.4 Å². The van der Waals surface area contributed by atoms with Gasteiger partial charge in [-0.15, -0.1) is 0 Å². The van der Waals surface area contributed by atoms with E-state index < -0.39 is 65.5 Å². The molecule has 39 heavy (non-hydrogen) atoms. The first-order chi connectivity index (χ1) is 18.2. The summed E-state index contributed by atoms with van der Waals surface area (Å²) in [4.78, 5) is 52.3. The van der Waals surface area contributed by atoms with Crippen molar-refractivity contribution in [3.8, 4) is 11.3 Å². The molecule has 0 aliphatic carbocycles. The molecule has 1 fully saturated rings. The smallest absolute Gasteiger partial charge is 0.355 e.